The number of nitrogens with one attached hydrogen (secondary N) is 1. The van der Waals surface area contributed by atoms with E-state index in [0.29, 0.717) is 12.6 Å². The molecule has 0 bridgehead atoms. The summed E-state index contributed by atoms with van der Waals surface area (Å²) in [5, 5.41) is 12.8. The van der Waals surface area contributed by atoms with E-state index in [2.05, 4.69) is 65.1 Å². The Labute approximate surface area is 166 Å². The number of hydrogen-bond acceptors (Lipinski definition) is 4. The fourth-order valence-electron chi connectivity index (χ4n) is 3.55. The van der Waals surface area contributed by atoms with E-state index in [1.807, 2.05) is 0 Å². The third-order valence-corrected chi connectivity index (χ3v) is 6.02. The third kappa shape index (κ3) is 4.92. The van der Waals surface area contributed by atoms with Crippen molar-refractivity contribution in [2.75, 3.05) is 12.3 Å². The lowest BCUT2D eigenvalue weighted by Crippen LogP contribution is -2.22. The summed E-state index contributed by atoms with van der Waals surface area (Å²) in [6.45, 7) is 8.88. The highest BCUT2D eigenvalue weighted by molar-refractivity contribution is 7.99. The van der Waals surface area contributed by atoms with E-state index in [4.69, 9.17) is 0 Å². The van der Waals surface area contributed by atoms with Gasteiger partial charge in [-0.2, -0.15) is 0 Å². The highest BCUT2D eigenvalue weighted by atomic mass is 32.2. The van der Waals surface area contributed by atoms with Crippen molar-refractivity contribution in [1.82, 2.24) is 20.1 Å². The van der Waals surface area contributed by atoms with Crippen molar-refractivity contribution in [2.45, 2.75) is 70.0 Å². The van der Waals surface area contributed by atoms with Gasteiger partial charge in [-0.25, -0.2) is 0 Å². The van der Waals surface area contributed by atoms with E-state index in [1.54, 1.807) is 18.7 Å². The van der Waals surface area contributed by atoms with Crippen molar-refractivity contribution in [2.24, 2.45) is 0 Å². The number of hydrogen-bond donors (Lipinski definition) is 1. The third-order valence-electron chi connectivity index (χ3n) is 5.07. The minimum atomic E-state index is 0.00693. The number of nitrogens with zero attached hydrogens (tertiary/aromatic N) is 3. The van der Waals surface area contributed by atoms with Gasteiger partial charge in [0.1, 0.15) is 0 Å². The van der Waals surface area contributed by atoms with Gasteiger partial charge in [0.15, 0.2) is 11.0 Å². The second kappa shape index (κ2) is 8.46. The zero-order chi connectivity index (χ0) is 19.4. The van der Waals surface area contributed by atoms with Gasteiger partial charge < -0.3 is 5.32 Å². The van der Waals surface area contributed by atoms with Crippen LogP contribution in [-0.2, 0) is 10.2 Å². The molecule has 1 aliphatic rings. The largest absolute Gasteiger partial charge is 0.356 e. The lowest BCUT2D eigenvalue weighted by molar-refractivity contribution is -0.118. The standard InChI is InChI=1S/C21H30N4OS/c1-15(26)22-13-14-27-20-24-23-19(25(20)18-7-5-6-8-18)16-9-11-17(12-10-16)21(2,3)4/h9-12,18H,5-8,13-14H2,1-4H3,(H,22,26). The van der Waals surface area contributed by atoms with Crippen LogP contribution in [0.15, 0.2) is 29.4 Å². The van der Waals surface area contributed by atoms with Crippen molar-refractivity contribution in [3.8, 4) is 11.4 Å². The minimum absolute atomic E-state index is 0.00693. The molecule has 1 aromatic heterocycles. The summed E-state index contributed by atoms with van der Waals surface area (Å²) in [5.41, 5.74) is 2.58. The van der Waals surface area contributed by atoms with E-state index in [-0.39, 0.29) is 11.3 Å². The molecular formula is C21H30N4OS. The molecule has 1 fully saturated rings. The topological polar surface area (TPSA) is 59.8 Å². The number of thioether (sulfide) groups is 1. The summed E-state index contributed by atoms with van der Waals surface area (Å²) in [5.74, 6) is 1.77. The predicted octanol–water partition coefficient (Wildman–Crippen LogP) is 4.59. The lowest BCUT2D eigenvalue weighted by Gasteiger charge is -2.20. The Morgan fingerprint density at radius 2 is 1.85 bits per heavy atom. The van der Waals surface area contributed by atoms with Gasteiger partial charge in [0.25, 0.3) is 0 Å². The molecule has 0 spiro atoms. The fourth-order valence-corrected chi connectivity index (χ4v) is 4.41. The zero-order valence-electron chi connectivity index (χ0n) is 16.8. The molecule has 146 valence electrons. The average Bonchev–Trinajstić information content (AvgIpc) is 3.27. The second-order valence-corrected chi connectivity index (χ2v) is 9.34. The average molecular weight is 387 g/mol. The van der Waals surface area contributed by atoms with Gasteiger partial charge in [0.2, 0.25) is 5.91 Å². The molecule has 0 saturated heterocycles. The Morgan fingerprint density at radius 3 is 2.44 bits per heavy atom. The molecule has 5 nitrogen and oxygen atoms in total. The first-order chi connectivity index (χ1) is 12.9. The Hall–Kier alpha value is -1.82. The minimum Gasteiger partial charge on any atom is -0.356 e. The quantitative estimate of drug-likeness (QED) is 0.583. The highest BCUT2D eigenvalue weighted by Crippen LogP contribution is 2.37. The maximum absolute atomic E-state index is 11.1. The number of aromatic nitrogens is 3. The normalized spacial score (nSPS) is 15.3. The first-order valence-electron chi connectivity index (χ1n) is 9.79. The summed E-state index contributed by atoms with van der Waals surface area (Å²) in [7, 11) is 0. The Balaban J connectivity index is 1.85. The van der Waals surface area contributed by atoms with Crippen molar-refractivity contribution < 1.29 is 4.79 Å². The van der Waals surface area contributed by atoms with E-state index >= 15 is 0 Å². The van der Waals surface area contributed by atoms with E-state index in [9.17, 15) is 4.79 Å². The van der Waals surface area contributed by atoms with Gasteiger partial charge in [0.05, 0.1) is 0 Å². The molecule has 1 heterocycles. The van der Waals surface area contributed by atoms with Gasteiger partial charge in [-0.3, -0.25) is 9.36 Å². The predicted molar refractivity (Wildman–Crippen MR) is 111 cm³/mol. The fraction of sp³-hybridized carbons (Fsp3) is 0.571. The van der Waals surface area contributed by atoms with Crippen LogP contribution >= 0.6 is 11.8 Å². The summed E-state index contributed by atoms with van der Waals surface area (Å²) in [6.07, 6.45) is 4.90. The molecular weight excluding hydrogens is 356 g/mol. The van der Waals surface area contributed by atoms with Gasteiger partial charge in [-0.15, -0.1) is 10.2 Å². The molecule has 0 atom stereocenters. The number of amides is 1. The molecule has 0 aliphatic heterocycles. The molecule has 1 N–H and O–H groups in total. The van der Waals surface area contributed by atoms with Crippen LogP contribution in [0.4, 0.5) is 0 Å². The van der Waals surface area contributed by atoms with Crippen LogP contribution in [0.5, 0.6) is 0 Å². The highest BCUT2D eigenvalue weighted by Gasteiger charge is 2.25. The second-order valence-electron chi connectivity index (χ2n) is 8.27. The van der Waals surface area contributed by atoms with Gasteiger partial charge in [-0.05, 0) is 23.8 Å². The molecule has 0 unspecified atom stereocenters. The van der Waals surface area contributed by atoms with Crippen LogP contribution in [0.2, 0.25) is 0 Å². The molecule has 0 radical (unpaired) electrons. The maximum Gasteiger partial charge on any atom is 0.216 e. The van der Waals surface area contributed by atoms with Gasteiger partial charge >= 0.3 is 0 Å². The van der Waals surface area contributed by atoms with Crippen molar-refractivity contribution in [1.29, 1.82) is 0 Å². The molecule has 1 saturated carbocycles. The van der Waals surface area contributed by atoms with E-state index < -0.39 is 0 Å². The smallest absolute Gasteiger partial charge is 0.216 e. The van der Waals surface area contributed by atoms with E-state index in [1.165, 1.54) is 31.2 Å². The Bertz CT molecular complexity index is 770. The molecule has 1 aliphatic carbocycles. The lowest BCUT2D eigenvalue weighted by atomic mass is 9.86. The summed E-state index contributed by atoms with van der Waals surface area (Å²) >= 11 is 1.67. The molecule has 1 amide bonds. The first-order valence-corrected chi connectivity index (χ1v) is 10.8. The zero-order valence-corrected chi connectivity index (χ0v) is 17.6. The van der Waals surface area contributed by atoms with Gasteiger partial charge in [0, 0.05) is 30.8 Å². The Kier molecular flexibility index (Phi) is 6.25. The summed E-state index contributed by atoms with van der Waals surface area (Å²) in [4.78, 5) is 11.1. The molecule has 2 aromatic rings. The van der Waals surface area contributed by atoms with Crippen LogP contribution in [0.1, 0.15) is 65.0 Å². The van der Waals surface area contributed by atoms with Crippen LogP contribution in [0, 0.1) is 0 Å². The summed E-state index contributed by atoms with van der Waals surface area (Å²) in [6, 6.07) is 9.21. The Morgan fingerprint density at radius 1 is 1.19 bits per heavy atom. The van der Waals surface area contributed by atoms with Gasteiger partial charge in [-0.1, -0.05) is 69.6 Å². The number of benzene rings is 1. The van der Waals surface area contributed by atoms with Crippen LogP contribution in [-0.4, -0.2) is 33.0 Å². The number of carbonyl (C=O) groups is 1. The van der Waals surface area contributed by atoms with Crippen molar-refractivity contribution in [3.63, 3.8) is 0 Å². The molecule has 27 heavy (non-hydrogen) atoms. The SMILES string of the molecule is CC(=O)NCCSc1nnc(-c2ccc(C(C)(C)C)cc2)n1C1CCCC1. The maximum atomic E-state index is 11.1. The summed E-state index contributed by atoms with van der Waals surface area (Å²) < 4.78 is 2.33. The van der Waals surface area contributed by atoms with Crippen LogP contribution < -0.4 is 5.32 Å². The molecule has 6 heteroatoms. The van der Waals surface area contributed by atoms with Crippen LogP contribution in [0.3, 0.4) is 0 Å². The van der Waals surface area contributed by atoms with E-state index in [0.717, 1.165) is 22.3 Å². The number of rotatable bonds is 6. The molecule has 3 rings (SSSR count). The van der Waals surface area contributed by atoms with Crippen molar-refractivity contribution >= 4 is 17.7 Å². The molecule has 1 aromatic carbocycles. The first kappa shape index (κ1) is 19.9. The monoisotopic (exact) mass is 386 g/mol. The van der Waals surface area contributed by atoms with Crippen LogP contribution in [0.25, 0.3) is 11.4 Å². The number of carbonyl (C=O) groups excluding carboxylic acids is 1. The van der Waals surface area contributed by atoms with Crippen molar-refractivity contribution in [3.05, 3.63) is 29.8 Å².